The van der Waals surface area contributed by atoms with E-state index in [1.165, 1.54) is 23.4 Å². The van der Waals surface area contributed by atoms with Gasteiger partial charge in [-0.2, -0.15) is 5.10 Å². The van der Waals surface area contributed by atoms with Crippen LogP contribution in [0.25, 0.3) is 10.9 Å². The summed E-state index contributed by atoms with van der Waals surface area (Å²) in [6.07, 6.45) is 2.53. The van der Waals surface area contributed by atoms with Crippen LogP contribution < -0.4 is 5.56 Å². The van der Waals surface area contributed by atoms with Gasteiger partial charge in [-0.15, -0.1) is 5.10 Å². The van der Waals surface area contributed by atoms with E-state index in [1.807, 2.05) is 0 Å². The predicted molar refractivity (Wildman–Crippen MR) is 106 cm³/mol. The number of fused-ring (bicyclic) bond motifs is 1. The minimum atomic E-state index is -1.81. The molecule has 8 nitrogen and oxygen atoms in total. The molecule has 0 radical (unpaired) electrons. The van der Waals surface area contributed by atoms with Crippen LogP contribution in [0, 0.1) is 11.6 Å². The Balaban J connectivity index is 1.71. The third-order valence-corrected chi connectivity index (χ3v) is 5.42. The Morgan fingerprint density at radius 2 is 2.03 bits per heavy atom. The maximum Gasteiger partial charge on any atom is 0.278 e. The summed E-state index contributed by atoms with van der Waals surface area (Å²) < 4.78 is 30.9. The SMILES string of the molecule is O=c1c2c(Br)cccc2nnn1CCC(O)(Cn1cncn1)c1ccc(F)cc1F. The second-order valence-corrected chi connectivity index (χ2v) is 7.60. The molecule has 11 heteroatoms. The summed E-state index contributed by atoms with van der Waals surface area (Å²) in [6, 6.07) is 8.04. The van der Waals surface area contributed by atoms with Crippen LogP contribution in [-0.2, 0) is 18.7 Å². The summed E-state index contributed by atoms with van der Waals surface area (Å²) in [5.74, 6) is -1.67. The quantitative estimate of drug-likeness (QED) is 0.458. The van der Waals surface area contributed by atoms with Gasteiger partial charge in [-0.3, -0.25) is 4.79 Å². The second-order valence-electron chi connectivity index (χ2n) is 6.75. The summed E-state index contributed by atoms with van der Waals surface area (Å²) in [5, 5.41) is 23.6. The van der Waals surface area contributed by atoms with Gasteiger partial charge in [0, 0.05) is 29.1 Å². The predicted octanol–water partition coefficient (Wildman–Crippen LogP) is 2.40. The molecule has 2 aromatic heterocycles. The zero-order valence-electron chi connectivity index (χ0n) is 15.4. The third-order valence-electron chi connectivity index (χ3n) is 4.76. The highest BCUT2D eigenvalue weighted by Crippen LogP contribution is 2.30. The Labute approximate surface area is 176 Å². The molecule has 0 aliphatic rings. The molecule has 1 N–H and O–H groups in total. The monoisotopic (exact) mass is 476 g/mol. The number of aromatic nitrogens is 6. The van der Waals surface area contributed by atoms with E-state index in [0.717, 1.165) is 10.7 Å². The molecule has 2 aromatic carbocycles. The van der Waals surface area contributed by atoms with E-state index in [0.29, 0.717) is 21.4 Å². The Morgan fingerprint density at radius 3 is 2.77 bits per heavy atom. The van der Waals surface area contributed by atoms with E-state index in [-0.39, 0.29) is 25.1 Å². The number of benzene rings is 2. The van der Waals surface area contributed by atoms with Gasteiger partial charge in [-0.25, -0.2) is 23.1 Å². The van der Waals surface area contributed by atoms with Gasteiger partial charge >= 0.3 is 0 Å². The van der Waals surface area contributed by atoms with Crippen LogP contribution in [0.5, 0.6) is 0 Å². The molecule has 0 fully saturated rings. The van der Waals surface area contributed by atoms with Crippen molar-refractivity contribution in [3.63, 3.8) is 0 Å². The second kappa shape index (κ2) is 8.00. The van der Waals surface area contributed by atoms with Crippen molar-refractivity contribution in [2.24, 2.45) is 0 Å². The lowest BCUT2D eigenvalue weighted by atomic mass is 9.89. The molecule has 2 heterocycles. The number of aryl methyl sites for hydroxylation is 1. The first-order chi connectivity index (χ1) is 14.4. The molecule has 0 saturated heterocycles. The topological polar surface area (TPSA) is 98.7 Å². The molecule has 4 aromatic rings. The average Bonchev–Trinajstić information content (AvgIpc) is 3.20. The lowest BCUT2D eigenvalue weighted by molar-refractivity contribution is -0.00227. The van der Waals surface area contributed by atoms with E-state index in [2.05, 4.69) is 36.3 Å². The standard InChI is InChI=1S/C19H15BrF2N6O2/c20-14-2-1-3-16-17(14)18(29)28(26-25-16)7-6-19(30,9-27-11-23-10-24-27)13-5-4-12(21)8-15(13)22/h1-5,8,10-11,30H,6-7,9H2. The van der Waals surface area contributed by atoms with Crippen LogP contribution in [0.15, 0.2) is 58.3 Å². The van der Waals surface area contributed by atoms with Crippen molar-refractivity contribution < 1.29 is 13.9 Å². The molecule has 0 bridgehead atoms. The van der Waals surface area contributed by atoms with Gasteiger partial charge < -0.3 is 5.11 Å². The van der Waals surface area contributed by atoms with Crippen LogP contribution in [-0.4, -0.2) is 34.9 Å². The van der Waals surface area contributed by atoms with Gasteiger partial charge in [-0.05, 0) is 34.1 Å². The fourth-order valence-electron chi connectivity index (χ4n) is 3.26. The highest BCUT2D eigenvalue weighted by atomic mass is 79.9. The van der Waals surface area contributed by atoms with Gasteiger partial charge in [0.25, 0.3) is 5.56 Å². The van der Waals surface area contributed by atoms with Crippen LogP contribution in [0.2, 0.25) is 0 Å². The van der Waals surface area contributed by atoms with E-state index < -0.39 is 22.8 Å². The molecule has 0 aliphatic carbocycles. The molecule has 1 atom stereocenters. The van der Waals surface area contributed by atoms with E-state index in [4.69, 9.17) is 0 Å². The van der Waals surface area contributed by atoms with Gasteiger partial charge in [0.05, 0.1) is 11.9 Å². The lowest BCUT2D eigenvalue weighted by Gasteiger charge is -2.29. The number of aliphatic hydroxyl groups is 1. The van der Waals surface area contributed by atoms with Crippen molar-refractivity contribution >= 4 is 26.8 Å². The minimum absolute atomic E-state index is 0.0644. The molecule has 30 heavy (non-hydrogen) atoms. The molecule has 0 saturated carbocycles. The zero-order chi connectivity index (χ0) is 21.3. The normalized spacial score (nSPS) is 13.5. The molecule has 0 amide bonds. The number of rotatable bonds is 6. The maximum absolute atomic E-state index is 14.5. The fourth-order valence-corrected chi connectivity index (χ4v) is 3.79. The molecule has 4 rings (SSSR count). The molecule has 0 aliphatic heterocycles. The summed E-state index contributed by atoms with van der Waals surface area (Å²) in [6.45, 7) is -0.222. The first-order valence-corrected chi connectivity index (χ1v) is 9.69. The van der Waals surface area contributed by atoms with Crippen molar-refractivity contribution in [1.29, 1.82) is 0 Å². The van der Waals surface area contributed by atoms with Crippen LogP contribution in [0.1, 0.15) is 12.0 Å². The largest absolute Gasteiger partial charge is 0.383 e. The van der Waals surface area contributed by atoms with Gasteiger partial charge in [0.15, 0.2) is 0 Å². The molecular weight excluding hydrogens is 462 g/mol. The van der Waals surface area contributed by atoms with Gasteiger partial charge in [0.1, 0.15) is 35.4 Å². The van der Waals surface area contributed by atoms with E-state index in [1.54, 1.807) is 18.2 Å². The highest BCUT2D eigenvalue weighted by Gasteiger charge is 2.33. The van der Waals surface area contributed by atoms with Crippen molar-refractivity contribution in [1.82, 2.24) is 29.8 Å². The van der Waals surface area contributed by atoms with Gasteiger partial charge in [0.2, 0.25) is 0 Å². The summed E-state index contributed by atoms with van der Waals surface area (Å²) in [7, 11) is 0. The third kappa shape index (κ3) is 3.85. The van der Waals surface area contributed by atoms with Crippen LogP contribution in [0.4, 0.5) is 8.78 Å². The minimum Gasteiger partial charge on any atom is -0.383 e. The number of hydrogen-bond donors (Lipinski definition) is 1. The average molecular weight is 477 g/mol. The first kappa shape index (κ1) is 20.2. The smallest absolute Gasteiger partial charge is 0.278 e. The summed E-state index contributed by atoms with van der Waals surface area (Å²) in [4.78, 5) is 16.6. The fraction of sp³-hybridized carbons (Fsp3) is 0.211. The molecule has 1 unspecified atom stereocenters. The Bertz CT molecular complexity index is 1260. The van der Waals surface area contributed by atoms with Crippen LogP contribution >= 0.6 is 15.9 Å². The number of nitrogens with zero attached hydrogens (tertiary/aromatic N) is 6. The zero-order valence-corrected chi connectivity index (χ0v) is 17.0. The lowest BCUT2D eigenvalue weighted by Crippen LogP contribution is -2.36. The Morgan fingerprint density at radius 1 is 1.20 bits per heavy atom. The summed E-state index contributed by atoms with van der Waals surface area (Å²) in [5.41, 5.74) is -1.92. The number of hydrogen-bond acceptors (Lipinski definition) is 6. The van der Waals surface area contributed by atoms with Crippen molar-refractivity contribution in [3.8, 4) is 0 Å². The molecule has 154 valence electrons. The highest BCUT2D eigenvalue weighted by molar-refractivity contribution is 9.10. The van der Waals surface area contributed by atoms with E-state index >= 15 is 0 Å². The van der Waals surface area contributed by atoms with Crippen molar-refractivity contribution in [2.45, 2.75) is 25.1 Å². The molecule has 0 spiro atoms. The molecular formula is C19H15BrF2N6O2. The Hall–Kier alpha value is -3.05. The van der Waals surface area contributed by atoms with Crippen molar-refractivity contribution in [3.05, 3.63) is 81.1 Å². The van der Waals surface area contributed by atoms with Crippen LogP contribution in [0.3, 0.4) is 0 Å². The van der Waals surface area contributed by atoms with Crippen molar-refractivity contribution in [2.75, 3.05) is 0 Å². The van der Waals surface area contributed by atoms with Gasteiger partial charge in [-0.1, -0.05) is 17.3 Å². The maximum atomic E-state index is 14.5. The first-order valence-electron chi connectivity index (χ1n) is 8.90. The van der Waals surface area contributed by atoms with E-state index in [9.17, 15) is 18.7 Å². The number of halogens is 3. The Kier molecular flexibility index (Phi) is 5.39. The summed E-state index contributed by atoms with van der Waals surface area (Å²) >= 11 is 3.33.